The molecule has 2 N–H and O–H groups in total. The van der Waals surface area contributed by atoms with Crippen molar-refractivity contribution in [3.63, 3.8) is 0 Å². The Balaban J connectivity index is 2.55. The molecule has 6 heteroatoms. The van der Waals surface area contributed by atoms with Crippen molar-refractivity contribution in [2.24, 2.45) is 0 Å². The van der Waals surface area contributed by atoms with E-state index in [0.29, 0.717) is 16.4 Å². The first-order valence-electron chi connectivity index (χ1n) is 3.80. The Labute approximate surface area is 84.1 Å². The summed E-state index contributed by atoms with van der Waals surface area (Å²) in [6, 6.07) is 4.82. The summed E-state index contributed by atoms with van der Waals surface area (Å²) in [4.78, 5) is 1.09. The van der Waals surface area contributed by atoms with Crippen molar-refractivity contribution in [1.29, 1.82) is 0 Å². The molecule has 0 aliphatic rings. The highest BCUT2D eigenvalue weighted by Gasteiger charge is 2.06. The first-order valence-corrected chi connectivity index (χ1v) is 4.18. The number of aromatic nitrogens is 3. The van der Waals surface area contributed by atoms with Crippen molar-refractivity contribution >= 4 is 17.3 Å². The van der Waals surface area contributed by atoms with Crippen LogP contribution in [-0.4, -0.2) is 15.0 Å². The molecular formula is C8H6ClFN4. The summed E-state index contributed by atoms with van der Waals surface area (Å²) < 4.78 is 12.6. The number of halogens is 2. The minimum absolute atomic E-state index is 0.412. The molecule has 0 aliphatic heterocycles. The highest BCUT2D eigenvalue weighted by atomic mass is 35.5. The van der Waals surface area contributed by atoms with Crippen molar-refractivity contribution in [2.45, 2.75) is 0 Å². The van der Waals surface area contributed by atoms with Crippen LogP contribution in [0.1, 0.15) is 0 Å². The molecule has 0 spiro atoms. The van der Waals surface area contributed by atoms with E-state index in [-0.39, 0.29) is 0 Å². The fraction of sp³-hybridized carbons (Fsp3) is 0. The molecular weight excluding hydrogens is 207 g/mol. The van der Waals surface area contributed by atoms with Gasteiger partial charge in [0.1, 0.15) is 11.9 Å². The molecule has 0 saturated carbocycles. The maximum absolute atomic E-state index is 12.6. The van der Waals surface area contributed by atoms with Crippen LogP contribution in [-0.2, 0) is 0 Å². The lowest BCUT2D eigenvalue weighted by molar-refractivity contribution is 0.563. The maximum Gasteiger partial charge on any atom is 0.253 e. The molecule has 0 fully saturated rings. The lowest BCUT2D eigenvalue weighted by Gasteiger charge is -2.02. The zero-order valence-corrected chi connectivity index (χ0v) is 7.74. The molecule has 14 heavy (non-hydrogen) atoms. The summed E-state index contributed by atoms with van der Waals surface area (Å²) in [5.74, 6) is -0.663. The van der Waals surface area contributed by atoms with Crippen LogP contribution in [0.25, 0.3) is 5.69 Å². The first kappa shape index (κ1) is 8.96. The number of anilines is 1. The molecule has 0 aliphatic carbocycles. The summed E-state index contributed by atoms with van der Waals surface area (Å²) in [5, 5.41) is 7.57. The number of benzene rings is 1. The van der Waals surface area contributed by atoms with E-state index in [1.807, 2.05) is 0 Å². The minimum atomic E-state index is -0.663. The standard InChI is InChI=1S/C8H6ClFN4/c9-6-2-1-5(11)3-7(6)14-12-4-8(10)13-14/h1-4H,11H2. The number of hydrogen-bond acceptors (Lipinski definition) is 3. The van der Waals surface area contributed by atoms with Gasteiger partial charge < -0.3 is 5.73 Å². The van der Waals surface area contributed by atoms with Gasteiger partial charge in [0.25, 0.3) is 5.95 Å². The average molecular weight is 213 g/mol. The van der Waals surface area contributed by atoms with E-state index >= 15 is 0 Å². The highest BCUT2D eigenvalue weighted by Crippen LogP contribution is 2.21. The lowest BCUT2D eigenvalue weighted by Crippen LogP contribution is -2.00. The van der Waals surface area contributed by atoms with E-state index in [1.165, 1.54) is 0 Å². The molecule has 0 radical (unpaired) electrons. The van der Waals surface area contributed by atoms with E-state index < -0.39 is 5.95 Å². The van der Waals surface area contributed by atoms with E-state index in [1.54, 1.807) is 18.2 Å². The third kappa shape index (κ3) is 1.54. The molecule has 0 saturated heterocycles. The SMILES string of the molecule is Nc1ccc(Cl)c(-n2ncc(F)n2)c1. The van der Waals surface area contributed by atoms with E-state index in [4.69, 9.17) is 17.3 Å². The normalized spacial score (nSPS) is 10.4. The highest BCUT2D eigenvalue weighted by molar-refractivity contribution is 6.32. The van der Waals surface area contributed by atoms with Crippen LogP contribution < -0.4 is 5.73 Å². The number of nitrogen functional groups attached to an aromatic ring is 1. The molecule has 2 rings (SSSR count). The predicted molar refractivity (Wildman–Crippen MR) is 50.7 cm³/mol. The minimum Gasteiger partial charge on any atom is -0.399 e. The van der Waals surface area contributed by atoms with Gasteiger partial charge >= 0.3 is 0 Å². The second-order valence-electron chi connectivity index (χ2n) is 2.67. The second kappa shape index (κ2) is 3.26. The Morgan fingerprint density at radius 2 is 2.21 bits per heavy atom. The average Bonchev–Trinajstić information content (AvgIpc) is 2.56. The Kier molecular flexibility index (Phi) is 2.09. The quantitative estimate of drug-likeness (QED) is 0.732. The number of hydrogen-bond donors (Lipinski definition) is 1. The molecule has 0 atom stereocenters. The van der Waals surface area contributed by atoms with Gasteiger partial charge in [-0.1, -0.05) is 11.6 Å². The summed E-state index contributed by atoms with van der Waals surface area (Å²) in [7, 11) is 0. The van der Waals surface area contributed by atoms with Crippen LogP contribution >= 0.6 is 11.6 Å². The molecule has 0 bridgehead atoms. The Morgan fingerprint density at radius 3 is 2.86 bits per heavy atom. The van der Waals surface area contributed by atoms with Gasteiger partial charge in [0.2, 0.25) is 0 Å². The molecule has 1 aromatic carbocycles. The monoisotopic (exact) mass is 212 g/mol. The lowest BCUT2D eigenvalue weighted by atomic mass is 10.3. The second-order valence-corrected chi connectivity index (χ2v) is 3.07. The topological polar surface area (TPSA) is 56.7 Å². The van der Waals surface area contributed by atoms with Crippen LogP contribution in [0.2, 0.25) is 5.02 Å². The van der Waals surface area contributed by atoms with Gasteiger partial charge in [-0.05, 0) is 18.2 Å². The van der Waals surface area contributed by atoms with Crippen molar-refractivity contribution in [2.75, 3.05) is 5.73 Å². The Morgan fingerprint density at radius 1 is 1.43 bits per heavy atom. The summed E-state index contributed by atoms with van der Waals surface area (Å²) in [6.45, 7) is 0. The Hall–Kier alpha value is -1.62. The number of nitrogens with two attached hydrogens (primary N) is 1. The third-order valence-corrected chi connectivity index (χ3v) is 1.97. The number of rotatable bonds is 1. The fourth-order valence-electron chi connectivity index (χ4n) is 1.04. The van der Waals surface area contributed by atoms with Crippen molar-refractivity contribution in [3.05, 3.63) is 35.4 Å². The summed E-state index contributed by atoms with van der Waals surface area (Å²) >= 11 is 5.86. The van der Waals surface area contributed by atoms with Crippen molar-refractivity contribution < 1.29 is 4.39 Å². The van der Waals surface area contributed by atoms with Gasteiger partial charge in [0.15, 0.2) is 0 Å². The number of nitrogens with zero attached hydrogens (tertiary/aromatic N) is 3. The van der Waals surface area contributed by atoms with Crippen LogP contribution in [0.15, 0.2) is 24.4 Å². The molecule has 1 heterocycles. The van der Waals surface area contributed by atoms with Crippen LogP contribution in [0, 0.1) is 5.95 Å². The molecule has 2 aromatic rings. The largest absolute Gasteiger partial charge is 0.399 e. The molecule has 72 valence electrons. The third-order valence-electron chi connectivity index (χ3n) is 1.65. The molecule has 0 amide bonds. The zero-order valence-electron chi connectivity index (χ0n) is 6.98. The summed E-state index contributed by atoms with van der Waals surface area (Å²) in [5.41, 5.74) is 6.52. The fourth-order valence-corrected chi connectivity index (χ4v) is 1.24. The first-order chi connectivity index (χ1) is 6.66. The van der Waals surface area contributed by atoms with Gasteiger partial charge in [-0.25, -0.2) is 0 Å². The maximum atomic E-state index is 12.6. The van der Waals surface area contributed by atoms with E-state index in [0.717, 1.165) is 11.0 Å². The predicted octanol–water partition coefficient (Wildman–Crippen LogP) is 1.64. The van der Waals surface area contributed by atoms with E-state index in [9.17, 15) is 4.39 Å². The van der Waals surface area contributed by atoms with Gasteiger partial charge in [-0.2, -0.15) is 9.49 Å². The van der Waals surface area contributed by atoms with Gasteiger partial charge in [-0.15, -0.1) is 9.90 Å². The van der Waals surface area contributed by atoms with Gasteiger partial charge in [-0.3, -0.25) is 0 Å². The zero-order chi connectivity index (χ0) is 10.1. The Bertz CT molecular complexity index is 468. The van der Waals surface area contributed by atoms with Gasteiger partial charge in [0, 0.05) is 5.69 Å². The summed E-state index contributed by atoms with van der Waals surface area (Å²) in [6.07, 6.45) is 1.000. The molecule has 0 unspecified atom stereocenters. The van der Waals surface area contributed by atoms with Crippen LogP contribution in [0.3, 0.4) is 0 Å². The molecule has 1 aromatic heterocycles. The van der Waals surface area contributed by atoms with Crippen LogP contribution in [0.4, 0.5) is 10.1 Å². The van der Waals surface area contributed by atoms with Crippen molar-refractivity contribution in [3.8, 4) is 5.69 Å². The van der Waals surface area contributed by atoms with E-state index in [2.05, 4.69) is 10.2 Å². The van der Waals surface area contributed by atoms with Gasteiger partial charge in [0.05, 0.1) is 5.02 Å². The smallest absolute Gasteiger partial charge is 0.253 e. The molecule has 4 nitrogen and oxygen atoms in total. The van der Waals surface area contributed by atoms with Crippen molar-refractivity contribution in [1.82, 2.24) is 15.0 Å². The van der Waals surface area contributed by atoms with Crippen LogP contribution in [0.5, 0.6) is 0 Å².